The van der Waals surface area contributed by atoms with Crippen LogP contribution in [-0.4, -0.2) is 55.6 Å². The Kier molecular flexibility index (Phi) is 4.97. The maximum absolute atomic E-state index is 12.3. The predicted molar refractivity (Wildman–Crippen MR) is 71.7 cm³/mol. The molecule has 2 aliphatic rings. The number of hydrogen-bond acceptors (Lipinski definition) is 4. The fourth-order valence-electron chi connectivity index (χ4n) is 2.99. The summed E-state index contributed by atoms with van der Waals surface area (Å²) in [4.78, 5) is 14.6. The molecular formula is C13H26N4O. The van der Waals surface area contributed by atoms with Gasteiger partial charge in [-0.05, 0) is 32.4 Å². The molecule has 0 bridgehead atoms. The number of hydrogen-bond donors (Lipinski definition) is 2. The van der Waals surface area contributed by atoms with Crippen molar-refractivity contribution in [1.29, 1.82) is 0 Å². The molecule has 1 saturated carbocycles. The topological polar surface area (TPSA) is 61.6 Å². The van der Waals surface area contributed by atoms with Crippen LogP contribution < -0.4 is 11.2 Å². The summed E-state index contributed by atoms with van der Waals surface area (Å²) in [6.07, 6.45) is 4.50. The first-order valence-electron chi connectivity index (χ1n) is 7.14. The van der Waals surface area contributed by atoms with Gasteiger partial charge < -0.3 is 10.6 Å². The van der Waals surface area contributed by atoms with Gasteiger partial charge >= 0.3 is 0 Å². The third kappa shape index (κ3) is 3.43. The normalized spacial score (nSPS) is 31.2. The van der Waals surface area contributed by atoms with Crippen molar-refractivity contribution < 1.29 is 4.79 Å². The smallest absolute Gasteiger partial charge is 0.237 e. The van der Waals surface area contributed by atoms with Gasteiger partial charge in [0.2, 0.25) is 5.91 Å². The minimum atomic E-state index is 0.128. The van der Waals surface area contributed by atoms with Crippen LogP contribution in [-0.2, 0) is 4.79 Å². The van der Waals surface area contributed by atoms with Crippen LogP contribution in [0.1, 0.15) is 25.7 Å². The molecule has 0 aromatic heterocycles. The Morgan fingerprint density at radius 1 is 1.22 bits per heavy atom. The number of nitrogens with one attached hydrogen (secondary N) is 1. The summed E-state index contributed by atoms with van der Waals surface area (Å²) in [5.41, 5.74) is 8.87. The summed E-state index contributed by atoms with van der Waals surface area (Å²) in [6, 6.07) is 0. The number of piperazine rings is 1. The maximum Gasteiger partial charge on any atom is 0.237 e. The van der Waals surface area contributed by atoms with Gasteiger partial charge in [-0.1, -0.05) is 12.8 Å². The molecule has 0 aromatic carbocycles. The first-order chi connectivity index (χ1) is 8.70. The lowest BCUT2D eigenvalue weighted by atomic mass is 9.79. The predicted octanol–water partition coefficient (Wildman–Crippen LogP) is 0.0301. The summed E-state index contributed by atoms with van der Waals surface area (Å²) in [5, 5.41) is 2.06. The number of carbonyl (C=O) groups is 1. The van der Waals surface area contributed by atoms with Gasteiger partial charge in [-0.15, -0.1) is 0 Å². The largest absolute Gasteiger partial charge is 0.330 e. The second-order valence-electron chi connectivity index (χ2n) is 5.65. The Morgan fingerprint density at radius 3 is 2.56 bits per heavy atom. The van der Waals surface area contributed by atoms with Gasteiger partial charge in [-0.3, -0.25) is 10.2 Å². The maximum atomic E-state index is 12.3. The summed E-state index contributed by atoms with van der Waals surface area (Å²) < 4.78 is 0. The van der Waals surface area contributed by atoms with Crippen LogP contribution >= 0.6 is 0 Å². The van der Waals surface area contributed by atoms with Crippen molar-refractivity contribution in [2.45, 2.75) is 25.7 Å². The lowest BCUT2D eigenvalue weighted by Gasteiger charge is -2.35. The number of nitrogens with zero attached hydrogens (tertiary/aromatic N) is 2. The second-order valence-corrected chi connectivity index (χ2v) is 5.65. The molecule has 5 nitrogen and oxygen atoms in total. The first kappa shape index (κ1) is 13.8. The number of rotatable bonds is 3. The van der Waals surface area contributed by atoms with E-state index in [0.29, 0.717) is 12.5 Å². The van der Waals surface area contributed by atoms with E-state index >= 15 is 0 Å². The van der Waals surface area contributed by atoms with E-state index in [9.17, 15) is 4.79 Å². The van der Waals surface area contributed by atoms with Crippen molar-refractivity contribution in [3.8, 4) is 0 Å². The van der Waals surface area contributed by atoms with Crippen LogP contribution in [0.15, 0.2) is 0 Å². The standard InChI is InChI=1S/C13H26N4O/c1-16-6-8-17(9-7-16)15-13(18)12-5-3-2-4-11(12)10-14/h11-12H,2-10,14H2,1H3,(H,15,18). The van der Waals surface area contributed by atoms with E-state index in [1.165, 1.54) is 6.42 Å². The Morgan fingerprint density at radius 2 is 1.89 bits per heavy atom. The fourth-order valence-corrected chi connectivity index (χ4v) is 2.99. The van der Waals surface area contributed by atoms with Gasteiger partial charge in [0.1, 0.15) is 0 Å². The molecule has 2 rings (SSSR count). The lowest BCUT2D eigenvalue weighted by molar-refractivity contribution is -0.133. The third-order valence-corrected chi connectivity index (χ3v) is 4.32. The summed E-state index contributed by atoms with van der Waals surface area (Å²) in [5.74, 6) is 0.698. The molecule has 3 N–H and O–H groups in total. The first-order valence-corrected chi connectivity index (χ1v) is 7.14. The highest BCUT2D eigenvalue weighted by Crippen LogP contribution is 2.29. The highest BCUT2D eigenvalue weighted by atomic mass is 16.2. The van der Waals surface area contributed by atoms with Crippen LogP contribution in [0.4, 0.5) is 0 Å². The third-order valence-electron chi connectivity index (χ3n) is 4.32. The Hall–Kier alpha value is -0.650. The monoisotopic (exact) mass is 254 g/mol. The van der Waals surface area contributed by atoms with Crippen molar-refractivity contribution in [2.24, 2.45) is 17.6 Å². The van der Waals surface area contributed by atoms with Crippen LogP contribution in [0, 0.1) is 11.8 Å². The van der Waals surface area contributed by atoms with Crippen molar-refractivity contribution in [2.75, 3.05) is 39.8 Å². The number of carbonyl (C=O) groups excluding carboxylic acids is 1. The molecule has 2 atom stereocenters. The van der Waals surface area contributed by atoms with Crippen LogP contribution in [0.2, 0.25) is 0 Å². The second kappa shape index (κ2) is 6.50. The summed E-state index contributed by atoms with van der Waals surface area (Å²) in [7, 11) is 2.12. The molecule has 2 unspecified atom stereocenters. The van der Waals surface area contributed by atoms with Gasteiger partial charge in [0, 0.05) is 32.1 Å². The van der Waals surface area contributed by atoms with Crippen LogP contribution in [0.3, 0.4) is 0 Å². The summed E-state index contributed by atoms with van der Waals surface area (Å²) >= 11 is 0. The van der Waals surface area contributed by atoms with E-state index in [-0.39, 0.29) is 11.8 Å². The van der Waals surface area contributed by atoms with Crippen LogP contribution in [0.25, 0.3) is 0 Å². The van der Waals surface area contributed by atoms with Gasteiger partial charge in [0.25, 0.3) is 0 Å². The molecule has 104 valence electrons. The molecule has 1 heterocycles. The fraction of sp³-hybridized carbons (Fsp3) is 0.923. The lowest BCUT2D eigenvalue weighted by Crippen LogP contribution is -2.54. The minimum Gasteiger partial charge on any atom is -0.330 e. The highest BCUT2D eigenvalue weighted by Gasteiger charge is 2.31. The van der Waals surface area contributed by atoms with Crippen LogP contribution in [0.5, 0.6) is 0 Å². The molecule has 18 heavy (non-hydrogen) atoms. The average Bonchev–Trinajstić information content (AvgIpc) is 2.41. The van der Waals surface area contributed by atoms with E-state index in [4.69, 9.17) is 5.73 Å². The van der Waals surface area contributed by atoms with E-state index in [1.807, 2.05) is 0 Å². The zero-order chi connectivity index (χ0) is 13.0. The number of likely N-dealkylation sites (N-methyl/N-ethyl adjacent to an activating group) is 1. The van der Waals surface area contributed by atoms with E-state index in [2.05, 4.69) is 22.4 Å². The molecular weight excluding hydrogens is 228 g/mol. The van der Waals surface area contributed by atoms with Crippen molar-refractivity contribution in [3.05, 3.63) is 0 Å². The van der Waals surface area contributed by atoms with E-state index in [1.54, 1.807) is 0 Å². The Labute approximate surface area is 110 Å². The molecule has 0 aromatic rings. The molecule has 1 aliphatic heterocycles. The van der Waals surface area contributed by atoms with Crippen molar-refractivity contribution >= 4 is 5.91 Å². The number of nitrogens with two attached hydrogens (primary N) is 1. The Balaban J connectivity index is 1.82. The molecule has 0 spiro atoms. The average molecular weight is 254 g/mol. The van der Waals surface area contributed by atoms with Crippen molar-refractivity contribution in [1.82, 2.24) is 15.3 Å². The minimum absolute atomic E-state index is 0.128. The zero-order valence-electron chi connectivity index (χ0n) is 11.4. The number of amides is 1. The molecule has 1 aliphatic carbocycles. The molecule has 2 fully saturated rings. The van der Waals surface area contributed by atoms with E-state index in [0.717, 1.165) is 45.4 Å². The number of hydrazine groups is 1. The molecule has 0 radical (unpaired) electrons. The van der Waals surface area contributed by atoms with Gasteiger partial charge in [0.05, 0.1) is 0 Å². The highest BCUT2D eigenvalue weighted by molar-refractivity contribution is 5.78. The molecule has 1 saturated heterocycles. The van der Waals surface area contributed by atoms with Gasteiger partial charge in [-0.2, -0.15) is 0 Å². The summed E-state index contributed by atoms with van der Waals surface area (Å²) in [6.45, 7) is 4.52. The molecule has 1 amide bonds. The quantitative estimate of drug-likeness (QED) is 0.746. The van der Waals surface area contributed by atoms with Gasteiger partial charge in [0.15, 0.2) is 0 Å². The van der Waals surface area contributed by atoms with Crippen molar-refractivity contribution in [3.63, 3.8) is 0 Å². The zero-order valence-corrected chi connectivity index (χ0v) is 11.4. The Bertz CT molecular complexity index is 276. The van der Waals surface area contributed by atoms with E-state index < -0.39 is 0 Å². The van der Waals surface area contributed by atoms with Gasteiger partial charge in [-0.25, -0.2) is 5.01 Å². The SMILES string of the molecule is CN1CCN(NC(=O)C2CCCCC2CN)CC1. The molecule has 5 heteroatoms.